The van der Waals surface area contributed by atoms with Crippen LogP contribution in [-0.2, 0) is 9.53 Å². The van der Waals surface area contributed by atoms with Crippen LogP contribution in [0.25, 0.3) is 0 Å². The molecule has 2 saturated heterocycles. The lowest BCUT2D eigenvalue weighted by Gasteiger charge is -2.34. The molecule has 1 aromatic rings. The van der Waals surface area contributed by atoms with E-state index in [-0.39, 0.29) is 12.0 Å². The summed E-state index contributed by atoms with van der Waals surface area (Å²) in [5.41, 5.74) is 0. The molecule has 2 aliphatic rings. The molecule has 0 aliphatic carbocycles. The fourth-order valence-corrected chi connectivity index (χ4v) is 2.64. The minimum absolute atomic E-state index is 0.0961. The summed E-state index contributed by atoms with van der Waals surface area (Å²) >= 11 is 0. The van der Waals surface area contributed by atoms with Gasteiger partial charge in [0.15, 0.2) is 5.82 Å². The number of morpholine rings is 1. The number of nitrogens with one attached hydrogen (secondary N) is 1. The minimum Gasteiger partial charge on any atom is -0.366 e. The maximum atomic E-state index is 12.3. The Hall–Kier alpha value is -1.47. The topological polar surface area (TPSA) is 80.5 Å². The van der Waals surface area contributed by atoms with Gasteiger partial charge >= 0.3 is 0 Å². The highest BCUT2D eigenvalue weighted by molar-refractivity contribution is 5.81. The zero-order valence-electron chi connectivity index (χ0n) is 10.7. The number of carbonyl (C=O) groups excluding carboxylic acids is 1. The first-order chi connectivity index (χ1) is 9.34. The molecule has 7 nitrogen and oxygen atoms in total. The summed E-state index contributed by atoms with van der Waals surface area (Å²) in [5.74, 6) is 1.15. The molecule has 0 spiro atoms. The van der Waals surface area contributed by atoms with Crippen molar-refractivity contribution in [1.82, 2.24) is 20.4 Å². The highest BCUT2D eigenvalue weighted by atomic mass is 16.5. The quantitative estimate of drug-likeness (QED) is 0.796. The number of likely N-dealkylation sites (tertiary alicyclic amines) is 1. The molecule has 1 aromatic heterocycles. The average Bonchev–Trinajstić information content (AvgIpc) is 3.02. The third-order valence-electron chi connectivity index (χ3n) is 3.75. The molecule has 0 bridgehead atoms. The Bertz CT molecular complexity index is 409. The van der Waals surface area contributed by atoms with Gasteiger partial charge in [0.05, 0.1) is 6.61 Å². The van der Waals surface area contributed by atoms with Crippen molar-refractivity contribution in [3.8, 4) is 0 Å². The summed E-state index contributed by atoms with van der Waals surface area (Å²) in [4.78, 5) is 18.2. The van der Waals surface area contributed by atoms with Gasteiger partial charge in [-0.15, -0.1) is 0 Å². The molecule has 0 aromatic carbocycles. The molecule has 2 fully saturated rings. The van der Waals surface area contributed by atoms with Crippen molar-refractivity contribution in [2.75, 3.05) is 32.8 Å². The molecule has 7 heteroatoms. The summed E-state index contributed by atoms with van der Waals surface area (Å²) in [6.45, 7) is 3.51. The molecule has 104 valence electrons. The second-order valence-corrected chi connectivity index (χ2v) is 4.95. The van der Waals surface area contributed by atoms with E-state index in [0.717, 1.165) is 38.3 Å². The van der Waals surface area contributed by atoms with Crippen molar-refractivity contribution in [2.45, 2.75) is 24.9 Å². The Labute approximate surface area is 111 Å². The summed E-state index contributed by atoms with van der Waals surface area (Å²) in [6.07, 6.45) is 2.79. The number of piperidine rings is 1. The summed E-state index contributed by atoms with van der Waals surface area (Å²) < 4.78 is 10.3. The standard InChI is InChI=1S/C12H18N4O3/c17-12(10-7-13-3-6-18-10)16-4-1-9(2-5-16)11-14-8-19-15-11/h8-10,13H,1-7H2/t10-/m1/s1. The predicted molar refractivity (Wildman–Crippen MR) is 65.5 cm³/mol. The van der Waals surface area contributed by atoms with Gasteiger partial charge in [-0.1, -0.05) is 5.16 Å². The first-order valence-corrected chi connectivity index (χ1v) is 6.72. The van der Waals surface area contributed by atoms with Crippen molar-refractivity contribution in [2.24, 2.45) is 0 Å². The van der Waals surface area contributed by atoms with Crippen LogP contribution in [0.15, 0.2) is 10.9 Å². The van der Waals surface area contributed by atoms with Gasteiger partial charge in [0.2, 0.25) is 6.39 Å². The Morgan fingerprint density at radius 2 is 2.26 bits per heavy atom. The van der Waals surface area contributed by atoms with E-state index in [1.54, 1.807) is 0 Å². The first-order valence-electron chi connectivity index (χ1n) is 6.72. The number of hydrogen-bond donors (Lipinski definition) is 1. The molecule has 0 saturated carbocycles. The molecule has 2 aliphatic heterocycles. The maximum Gasteiger partial charge on any atom is 0.253 e. The number of amides is 1. The highest BCUT2D eigenvalue weighted by Gasteiger charge is 2.31. The van der Waals surface area contributed by atoms with Crippen LogP contribution in [0.1, 0.15) is 24.6 Å². The van der Waals surface area contributed by atoms with Crippen LogP contribution in [-0.4, -0.2) is 59.8 Å². The normalized spacial score (nSPS) is 25.5. The first kappa shape index (κ1) is 12.6. The van der Waals surface area contributed by atoms with Crippen molar-refractivity contribution >= 4 is 5.91 Å². The number of rotatable bonds is 2. The third kappa shape index (κ3) is 2.76. The molecule has 0 radical (unpaired) electrons. The van der Waals surface area contributed by atoms with Crippen molar-refractivity contribution in [3.63, 3.8) is 0 Å². The predicted octanol–water partition coefficient (Wildman–Crippen LogP) is -0.236. The summed E-state index contributed by atoms with van der Waals surface area (Å²) in [7, 11) is 0. The van der Waals surface area contributed by atoms with E-state index in [4.69, 9.17) is 9.26 Å². The largest absolute Gasteiger partial charge is 0.366 e. The van der Waals surface area contributed by atoms with Gasteiger partial charge in [-0.05, 0) is 12.8 Å². The minimum atomic E-state index is -0.324. The Morgan fingerprint density at radius 3 is 2.89 bits per heavy atom. The van der Waals surface area contributed by atoms with E-state index in [2.05, 4.69) is 15.5 Å². The number of hydrogen-bond acceptors (Lipinski definition) is 6. The molecule has 19 heavy (non-hydrogen) atoms. The van der Waals surface area contributed by atoms with E-state index in [9.17, 15) is 4.79 Å². The van der Waals surface area contributed by atoms with E-state index in [0.29, 0.717) is 19.1 Å². The molecule has 0 unspecified atom stereocenters. The van der Waals surface area contributed by atoms with E-state index >= 15 is 0 Å². The number of ether oxygens (including phenoxy) is 1. The van der Waals surface area contributed by atoms with Gasteiger partial charge in [-0.25, -0.2) is 0 Å². The molecule has 1 amide bonds. The average molecular weight is 266 g/mol. The van der Waals surface area contributed by atoms with Crippen LogP contribution in [0.4, 0.5) is 0 Å². The lowest BCUT2D eigenvalue weighted by atomic mass is 9.96. The molecule has 1 atom stereocenters. The van der Waals surface area contributed by atoms with E-state index in [1.165, 1.54) is 6.39 Å². The summed E-state index contributed by atoms with van der Waals surface area (Å²) in [5, 5.41) is 7.06. The fraction of sp³-hybridized carbons (Fsp3) is 0.750. The fourth-order valence-electron chi connectivity index (χ4n) is 2.64. The second-order valence-electron chi connectivity index (χ2n) is 4.95. The van der Waals surface area contributed by atoms with Crippen LogP contribution in [0.5, 0.6) is 0 Å². The lowest BCUT2D eigenvalue weighted by Crippen LogP contribution is -2.51. The van der Waals surface area contributed by atoms with Crippen LogP contribution >= 0.6 is 0 Å². The lowest BCUT2D eigenvalue weighted by molar-refractivity contribution is -0.146. The van der Waals surface area contributed by atoms with Gasteiger partial charge in [-0.3, -0.25) is 4.79 Å². The van der Waals surface area contributed by atoms with Crippen molar-refractivity contribution in [1.29, 1.82) is 0 Å². The smallest absolute Gasteiger partial charge is 0.253 e. The van der Waals surface area contributed by atoms with Gasteiger partial charge in [0, 0.05) is 32.1 Å². The summed E-state index contributed by atoms with van der Waals surface area (Å²) in [6, 6.07) is 0. The van der Waals surface area contributed by atoms with Gasteiger partial charge in [0.25, 0.3) is 5.91 Å². The molecule has 3 rings (SSSR count). The molecular weight excluding hydrogens is 248 g/mol. The van der Waals surface area contributed by atoms with Gasteiger partial charge in [0.1, 0.15) is 6.10 Å². The Balaban J connectivity index is 1.53. The Morgan fingerprint density at radius 1 is 1.42 bits per heavy atom. The number of aromatic nitrogens is 2. The molecule has 3 heterocycles. The van der Waals surface area contributed by atoms with Crippen LogP contribution in [0.3, 0.4) is 0 Å². The van der Waals surface area contributed by atoms with Crippen molar-refractivity contribution < 1.29 is 14.1 Å². The maximum absolute atomic E-state index is 12.3. The zero-order chi connectivity index (χ0) is 13.1. The second kappa shape index (κ2) is 5.66. The van der Waals surface area contributed by atoms with Crippen LogP contribution in [0, 0.1) is 0 Å². The molecular formula is C12H18N4O3. The number of carbonyl (C=O) groups is 1. The number of nitrogens with zero attached hydrogens (tertiary/aromatic N) is 3. The third-order valence-corrected chi connectivity index (χ3v) is 3.75. The zero-order valence-corrected chi connectivity index (χ0v) is 10.7. The van der Waals surface area contributed by atoms with E-state index < -0.39 is 0 Å². The monoisotopic (exact) mass is 266 g/mol. The van der Waals surface area contributed by atoms with Gasteiger partial charge < -0.3 is 19.5 Å². The SMILES string of the molecule is O=C([C@H]1CNCCO1)N1CCC(c2ncon2)CC1. The van der Waals surface area contributed by atoms with Gasteiger partial charge in [-0.2, -0.15) is 4.98 Å². The highest BCUT2D eigenvalue weighted by Crippen LogP contribution is 2.25. The van der Waals surface area contributed by atoms with Crippen LogP contribution in [0.2, 0.25) is 0 Å². The molecule has 1 N–H and O–H groups in total. The van der Waals surface area contributed by atoms with Crippen molar-refractivity contribution in [3.05, 3.63) is 12.2 Å². The Kier molecular flexibility index (Phi) is 3.74. The van der Waals surface area contributed by atoms with Crippen LogP contribution < -0.4 is 5.32 Å². The van der Waals surface area contributed by atoms with E-state index in [1.807, 2.05) is 4.90 Å².